The van der Waals surface area contributed by atoms with Crippen molar-refractivity contribution in [3.05, 3.63) is 71.8 Å². The van der Waals surface area contributed by atoms with Gasteiger partial charge in [0.2, 0.25) is 0 Å². The van der Waals surface area contributed by atoms with Crippen LogP contribution in [0.2, 0.25) is 0 Å². The van der Waals surface area contributed by atoms with Crippen LogP contribution < -0.4 is 0 Å². The van der Waals surface area contributed by atoms with Crippen molar-refractivity contribution in [2.45, 2.75) is 65.0 Å². The van der Waals surface area contributed by atoms with Crippen molar-refractivity contribution in [1.29, 1.82) is 0 Å². The summed E-state index contributed by atoms with van der Waals surface area (Å²) in [7, 11) is 0. The lowest BCUT2D eigenvalue weighted by Crippen LogP contribution is -2.51. The van der Waals surface area contributed by atoms with E-state index in [1.165, 1.54) is 37.9 Å². The Kier molecular flexibility index (Phi) is 7.40. The first-order chi connectivity index (χ1) is 14.5. The minimum Gasteiger partial charge on any atom is -0.373 e. The Bertz CT molecular complexity index is 838. The zero-order valence-electron chi connectivity index (χ0n) is 19.0. The highest BCUT2D eigenvalue weighted by Gasteiger charge is 2.45. The van der Waals surface area contributed by atoms with Gasteiger partial charge in [-0.3, -0.25) is 0 Å². The van der Waals surface area contributed by atoms with Crippen LogP contribution in [0.25, 0.3) is 0 Å². The molecule has 1 N–H and O–H groups in total. The van der Waals surface area contributed by atoms with Crippen molar-refractivity contribution in [1.82, 2.24) is 0 Å². The molecule has 2 aromatic rings. The van der Waals surface area contributed by atoms with Gasteiger partial charge in [0.25, 0.3) is 0 Å². The van der Waals surface area contributed by atoms with Gasteiger partial charge in [-0.1, -0.05) is 87.4 Å². The minimum atomic E-state index is -1.13. The summed E-state index contributed by atoms with van der Waals surface area (Å²) in [6.45, 7) is 10.7. The maximum Gasteiger partial charge on any atom is 0.156 e. The van der Waals surface area contributed by atoms with Gasteiger partial charge in [-0.05, 0) is 43.6 Å². The van der Waals surface area contributed by atoms with Gasteiger partial charge in [-0.25, -0.2) is 0 Å². The van der Waals surface area contributed by atoms with E-state index >= 15 is 0 Å². The Morgan fingerprint density at radius 1 is 0.867 bits per heavy atom. The van der Waals surface area contributed by atoms with E-state index in [2.05, 4.69) is 62.9 Å². The van der Waals surface area contributed by atoms with E-state index in [1.54, 1.807) is 0 Å². The third-order valence-corrected chi connectivity index (χ3v) is 7.44. The van der Waals surface area contributed by atoms with Gasteiger partial charge >= 0.3 is 0 Å². The molecule has 3 rings (SSSR count). The maximum atomic E-state index is 11.9. The normalized spacial score (nSPS) is 18.1. The Hall–Kier alpha value is -2.08. The molecule has 160 valence electrons. The van der Waals surface area contributed by atoms with E-state index in [-0.39, 0.29) is 5.41 Å². The quantitative estimate of drug-likeness (QED) is 0.450. The second-order valence-electron chi connectivity index (χ2n) is 9.30. The summed E-state index contributed by atoms with van der Waals surface area (Å²) in [5.41, 5.74) is 0.876. The maximum absolute atomic E-state index is 11.9. The fourth-order valence-corrected chi connectivity index (χ4v) is 4.87. The highest BCUT2D eigenvalue weighted by molar-refractivity contribution is 5.35. The number of nitrogens with zero attached hydrogens (tertiary/aromatic N) is 1. The summed E-state index contributed by atoms with van der Waals surface area (Å²) in [5.74, 6) is 6.90. The van der Waals surface area contributed by atoms with Crippen LogP contribution in [-0.2, 0) is 12.1 Å². The van der Waals surface area contributed by atoms with Crippen LogP contribution in [0.3, 0.4) is 0 Å². The molecule has 2 aromatic carbocycles. The van der Waals surface area contributed by atoms with Gasteiger partial charge in [0, 0.05) is 11.0 Å². The Balaban J connectivity index is 1.92. The first-order valence-electron chi connectivity index (χ1n) is 11.6. The molecule has 0 amide bonds. The van der Waals surface area contributed by atoms with E-state index in [4.69, 9.17) is 0 Å². The zero-order chi connectivity index (χ0) is 21.5. The molecule has 1 fully saturated rings. The van der Waals surface area contributed by atoms with E-state index in [0.717, 1.165) is 36.0 Å². The predicted molar refractivity (Wildman–Crippen MR) is 126 cm³/mol. The SMILES string of the molecule is CCC(C)(CC)C(O)(C#CC[N+]1(Cc2ccccc2)CCCCC1)c1ccccc1. The first kappa shape index (κ1) is 22.6. The highest BCUT2D eigenvalue weighted by atomic mass is 16.3. The van der Waals surface area contributed by atoms with Crippen LogP contribution in [0.1, 0.15) is 64.0 Å². The molecule has 1 aliphatic heterocycles. The number of hydrogen-bond acceptors (Lipinski definition) is 1. The van der Waals surface area contributed by atoms with Crippen molar-refractivity contribution < 1.29 is 9.59 Å². The number of aliphatic hydroxyl groups is 1. The van der Waals surface area contributed by atoms with Crippen molar-refractivity contribution in [3.8, 4) is 11.8 Å². The smallest absolute Gasteiger partial charge is 0.156 e. The van der Waals surface area contributed by atoms with Crippen molar-refractivity contribution in [2.75, 3.05) is 19.6 Å². The molecule has 1 heterocycles. The average Bonchev–Trinajstić information content (AvgIpc) is 2.80. The monoisotopic (exact) mass is 404 g/mol. The summed E-state index contributed by atoms with van der Waals surface area (Å²) < 4.78 is 1.01. The van der Waals surface area contributed by atoms with Crippen LogP contribution >= 0.6 is 0 Å². The average molecular weight is 405 g/mol. The van der Waals surface area contributed by atoms with E-state index in [1.807, 2.05) is 30.3 Å². The Labute approximate surface area is 183 Å². The summed E-state index contributed by atoms with van der Waals surface area (Å²) >= 11 is 0. The Morgan fingerprint density at radius 3 is 2.00 bits per heavy atom. The minimum absolute atomic E-state index is 0.284. The van der Waals surface area contributed by atoms with Gasteiger partial charge in [0.05, 0.1) is 13.1 Å². The predicted octanol–water partition coefficient (Wildman–Crippen LogP) is 5.90. The molecule has 0 radical (unpaired) electrons. The lowest BCUT2D eigenvalue weighted by molar-refractivity contribution is -0.938. The van der Waals surface area contributed by atoms with E-state index < -0.39 is 5.60 Å². The number of rotatable bonds is 7. The van der Waals surface area contributed by atoms with Crippen molar-refractivity contribution >= 4 is 0 Å². The second-order valence-corrected chi connectivity index (χ2v) is 9.30. The Morgan fingerprint density at radius 2 is 1.43 bits per heavy atom. The molecule has 0 aliphatic carbocycles. The number of piperidine rings is 1. The van der Waals surface area contributed by atoms with Gasteiger partial charge in [-0.15, -0.1) is 0 Å². The number of likely N-dealkylation sites (tertiary alicyclic amines) is 1. The van der Waals surface area contributed by atoms with Crippen molar-refractivity contribution in [3.63, 3.8) is 0 Å². The van der Waals surface area contributed by atoms with Gasteiger partial charge in [0.1, 0.15) is 13.1 Å². The van der Waals surface area contributed by atoms with Crippen LogP contribution in [-0.4, -0.2) is 29.2 Å². The summed E-state index contributed by atoms with van der Waals surface area (Å²) in [6.07, 6.45) is 5.61. The largest absolute Gasteiger partial charge is 0.373 e. The van der Waals surface area contributed by atoms with E-state index in [0.29, 0.717) is 0 Å². The lowest BCUT2D eigenvalue weighted by atomic mass is 9.66. The molecule has 0 spiro atoms. The van der Waals surface area contributed by atoms with Gasteiger partial charge in [-0.2, -0.15) is 0 Å². The molecule has 30 heavy (non-hydrogen) atoms. The first-order valence-corrected chi connectivity index (χ1v) is 11.6. The standard InChI is InChI=1S/C28H38NO/c1-4-27(3,5-2)28(30,26-18-11-7-12-19-26)20-15-23-29(21-13-8-14-22-29)24-25-16-9-6-10-17-25/h6-7,9-12,16-19,30H,4-5,8,13-14,21-24H2,1-3H3/q+1. The van der Waals surface area contributed by atoms with Crippen LogP contribution in [0.15, 0.2) is 60.7 Å². The molecular weight excluding hydrogens is 366 g/mol. The van der Waals surface area contributed by atoms with Crippen molar-refractivity contribution in [2.24, 2.45) is 5.41 Å². The molecule has 1 saturated heterocycles. The third-order valence-electron chi connectivity index (χ3n) is 7.44. The molecular formula is C28H38NO+. The molecule has 0 aromatic heterocycles. The lowest BCUT2D eigenvalue weighted by Gasteiger charge is -2.42. The van der Waals surface area contributed by atoms with E-state index in [9.17, 15) is 5.11 Å². The number of benzene rings is 2. The van der Waals surface area contributed by atoms with Crippen LogP contribution in [0.4, 0.5) is 0 Å². The summed E-state index contributed by atoms with van der Waals surface area (Å²) in [4.78, 5) is 0. The molecule has 2 nitrogen and oxygen atoms in total. The fraction of sp³-hybridized carbons (Fsp3) is 0.500. The highest BCUT2D eigenvalue weighted by Crippen LogP contribution is 2.44. The summed E-state index contributed by atoms with van der Waals surface area (Å²) in [6, 6.07) is 20.8. The fourth-order valence-electron chi connectivity index (χ4n) is 4.87. The van der Waals surface area contributed by atoms with Crippen LogP contribution in [0, 0.1) is 17.3 Å². The van der Waals surface area contributed by atoms with Gasteiger partial charge < -0.3 is 9.59 Å². The molecule has 0 saturated carbocycles. The third kappa shape index (κ3) is 4.80. The second kappa shape index (κ2) is 9.82. The van der Waals surface area contributed by atoms with Crippen LogP contribution in [0.5, 0.6) is 0 Å². The zero-order valence-corrected chi connectivity index (χ0v) is 19.0. The molecule has 1 aliphatic rings. The molecule has 1 unspecified atom stereocenters. The van der Waals surface area contributed by atoms with Gasteiger partial charge in [0.15, 0.2) is 5.60 Å². The molecule has 2 heteroatoms. The molecule has 1 atom stereocenters. The topological polar surface area (TPSA) is 20.2 Å². The number of hydrogen-bond donors (Lipinski definition) is 1. The molecule has 0 bridgehead atoms. The number of quaternary nitrogens is 1. The summed E-state index contributed by atoms with van der Waals surface area (Å²) in [5, 5.41) is 11.9.